The molecule has 1 aliphatic heterocycles. The predicted molar refractivity (Wildman–Crippen MR) is 82.7 cm³/mol. The number of hydrogen-bond acceptors (Lipinski definition) is 3. The zero-order chi connectivity index (χ0) is 13.9. The van der Waals surface area contributed by atoms with E-state index in [9.17, 15) is 0 Å². The highest BCUT2D eigenvalue weighted by Gasteiger charge is 2.20. The minimum atomic E-state index is 0.800. The van der Waals surface area contributed by atoms with Crippen LogP contribution in [0.5, 0.6) is 0 Å². The van der Waals surface area contributed by atoms with Crippen LogP contribution in [0.1, 0.15) is 31.1 Å². The van der Waals surface area contributed by atoms with Gasteiger partial charge in [0, 0.05) is 17.5 Å². The Morgan fingerprint density at radius 2 is 2.00 bits per heavy atom. The molecule has 0 radical (unpaired) electrons. The SMILES string of the molecule is CNCc1oc2ccccc2c1CN1CCC(C)CC1. The van der Waals surface area contributed by atoms with Crippen molar-refractivity contribution in [2.24, 2.45) is 5.92 Å². The standard InChI is InChI=1S/C17H24N2O/c1-13-7-9-19(10-8-13)12-15-14-5-3-4-6-16(14)20-17(15)11-18-2/h3-6,13,18H,7-12H2,1-2H3. The lowest BCUT2D eigenvalue weighted by Crippen LogP contribution is -2.32. The summed E-state index contributed by atoms with van der Waals surface area (Å²) in [5.41, 5.74) is 2.38. The maximum Gasteiger partial charge on any atom is 0.134 e. The summed E-state index contributed by atoms with van der Waals surface area (Å²) in [7, 11) is 1.97. The summed E-state index contributed by atoms with van der Waals surface area (Å²) >= 11 is 0. The van der Waals surface area contributed by atoms with Crippen molar-refractivity contribution < 1.29 is 4.42 Å². The van der Waals surface area contributed by atoms with Crippen LogP contribution in [0.2, 0.25) is 0 Å². The van der Waals surface area contributed by atoms with Crippen molar-refractivity contribution >= 4 is 11.0 Å². The first-order valence-corrected chi connectivity index (χ1v) is 7.64. The smallest absolute Gasteiger partial charge is 0.134 e. The van der Waals surface area contributed by atoms with Crippen molar-refractivity contribution in [1.82, 2.24) is 10.2 Å². The first kappa shape index (κ1) is 13.7. The predicted octanol–water partition coefficient (Wildman–Crippen LogP) is 3.38. The molecule has 0 spiro atoms. The van der Waals surface area contributed by atoms with Crippen molar-refractivity contribution in [2.75, 3.05) is 20.1 Å². The maximum atomic E-state index is 6.01. The van der Waals surface area contributed by atoms with Crippen LogP contribution >= 0.6 is 0 Å². The Morgan fingerprint density at radius 3 is 2.75 bits per heavy atom. The van der Waals surface area contributed by atoms with Crippen molar-refractivity contribution in [2.45, 2.75) is 32.9 Å². The monoisotopic (exact) mass is 272 g/mol. The number of benzene rings is 1. The van der Waals surface area contributed by atoms with E-state index in [0.717, 1.165) is 30.4 Å². The number of hydrogen-bond donors (Lipinski definition) is 1. The molecule has 1 saturated heterocycles. The first-order chi connectivity index (χ1) is 9.78. The molecule has 0 saturated carbocycles. The zero-order valence-corrected chi connectivity index (χ0v) is 12.5. The number of fused-ring (bicyclic) bond motifs is 1. The van der Waals surface area contributed by atoms with Gasteiger partial charge in [-0.2, -0.15) is 0 Å². The average molecular weight is 272 g/mol. The minimum absolute atomic E-state index is 0.800. The van der Waals surface area contributed by atoms with Gasteiger partial charge < -0.3 is 9.73 Å². The molecule has 2 aromatic rings. The molecule has 0 unspecified atom stereocenters. The molecule has 1 N–H and O–H groups in total. The van der Waals surface area contributed by atoms with Crippen LogP contribution in [-0.4, -0.2) is 25.0 Å². The van der Waals surface area contributed by atoms with E-state index < -0.39 is 0 Å². The number of likely N-dealkylation sites (tertiary alicyclic amines) is 1. The van der Waals surface area contributed by atoms with Crippen LogP contribution in [0.3, 0.4) is 0 Å². The molecule has 1 aliphatic rings. The van der Waals surface area contributed by atoms with Gasteiger partial charge in [0.1, 0.15) is 11.3 Å². The fourth-order valence-corrected chi connectivity index (χ4v) is 3.07. The van der Waals surface area contributed by atoms with Gasteiger partial charge in [0.05, 0.1) is 6.54 Å². The van der Waals surface area contributed by atoms with E-state index in [1.54, 1.807) is 0 Å². The number of nitrogens with zero attached hydrogens (tertiary/aromatic N) is 1. The number of furan rings is 1. The number of para-hydroxylation sites is 1. The fraction of sp³-hybridized carbons (Fsp3) is 0.529. The molecular formula is C17H24N2O. The van der Waals surface area contributed by atoms with Gasteiger partial charge in [-0.15, -0.1) is 0 Å². The molecule has 2 heterocycles. The topological polar surface area (TPSA) is 28.4 Å². The fourth-order valence-electron chi connectivity index (χ4n) is 3.07. The van der Waals surface area contributed by atoms with Gasteiger partial charge in [0.15, 0.2) is 0 Å². The molecule has 1 aromatic carbocycles. The average Bonchev–Trinajstić information content (AvgIpc) is 2.80. The third-order valence-electron chi connectivity index (χ3n) is 4.38. The normalized spacial score (nSPS) is 17.9. The Morgan fingerprint density at radius 1 is 1.25 bits per heavy atom. The van der Waals surface area contributed by atoms with E-state index in [1.807, 2.05) is 13.1 Å². The van der Waals surface area contributed by atoms with E-state index >= 15 is 0 Å². The highest BCUT2D eigenvalue weighted by Crippen LogP contribution is 2.28. The minimum Gasteiger partial charge on any atom is -0.459 e. The molecular weight excluding hydrogens is 248 g/mol. The van der Waals surface area contributed by atoms with Crippen LogP contribution in [0.4, 0.5) is 0 Å². The van der Waals surface area contributed by atoms with Gasteiger partial charge in [-0.25, -0.2) is 0 Å². The number of piperidine rings is 1. The summed E-state index contributed by atoms with van der Waals surface area (Å²) in [6, 6.07) is 8.39. The quantitative estimate of drug-likeness (QED) is 0.925. The van der Waals surface area contributed by atoms with Crippen LogP contribution in [-0.2, 0) is 13.1 Å². The second kappa shape index (κ2) is 5.98. The highest BCUT2D eigenvalue weighted by atomic mass is 16.3. The lowest BCUT2D eigenvalue weighted by atomic mass is 9.98. The van der Waals surface area contributed by atoms with Crippen LogP contribution < -0.4 is 5.32 Å². The maximum absolute atomic E-state index is 6.01. The molecule has 3 rings (SSSR count). The van der Waals surface area contributed by atoms with Crippen LogP contribution in [0, 0.1) is 5.92 Å². The summed E-state index contributed by atoms with van der Waals surface area (Å²) in [4.78, 5) is 2.57. The molecule has 20 heavy (non-hydrogen) atoms. The van der Waals surface area contributed by atoms with Crippen LogP contribution in [0.15, 0.2) is 28.7 Å². The zero-order valence-electron chi connectivity index (χ0n) is 12.5. The summed E-state index contributed by atoms with van der Waals surface area (Å²) in [5, 5.41) is 4.49. The van der Waals surface area contributed by atoms with E-state index in [-0.39, 0.29) is 0 Å². The number of rotatable bonds is 4. The summed E-state index contributed by atoms with van der Waals surface area (Å²) in [5.74, 6) is 1.97. The first-order valence-electron chi connectivity index (χ1n) is 7.64. The Bertz CT molecular complexity index is 567. The third-order valence-corrected chi connectivity index (χ3v) is 4.38. The molecule has 0 aliphatic carbocycles. The van der Waals surface area contributed by atoms with Crippen molar-refractivity contribution in [3.05, 3.63) is 35.6 Å². The molecule has 3 heteroatoms. The van der Waals surface area contributed by atoms with Crippen molar-refractivity contribution in [3.63, 3.8) is 0 Å². The molecule has 0 amide bonds. The van der Waals surface area contributed by atoms with E-state index in [2.05, 4.69) is 35.3 Å². The van der Waals surface area contributed by atoms with E-state index in [1.165, 1.54) is 36.9 Å². The van der Waals surface area contributed by atoms with Gasteiger partial charge in [0.2, 0.25) is 0 Å². The Hall–Kier alpha value is -1.32. The number of nitrogens with one attached hydrogen (secondary N) is 1. The lowest BCUT2D eigenvalue weighted by molar-refractivity contribution is 0.184. The van der Waals surface area contributed by atoms with Gasteiger partial charge in [0.25, 0.3) is 0 Å². The summed E-state index contributed by atoms with van der Waals surface area (Å²) in [6.07, 6.45) is 2.63. The Kier molecular flexibility index (Phi) is 4.08. The molecule has 1 aromatic heterocycles. The largest absolute Gasteiger partial charge is 0.459 e. The van der Waals surface area contributed by atoms with Crippen LogP contribution in [0.25, 0.3) is 11.0 Å². The summed E-state index contributed by atoms with van der Waals surface area (Å²) in [6.45, 7) is 6.59. The van der Waals surface area contributed by atoms with Gasteiger partial charge >= 0.3 is 0 Å². The lowest BCUT2D eigenvalue weighted by Gasteiger charge is -2.30. The van der Waals surface area contributed by atoms with Crippen molar-refractivity contribution in [3.8, 4) is 0 Å². The molecule has 108 valence electrons. The molecule has 3 nitrogen and oxygen atoms in total. The van der Waals surface area contributed by atoms with Gasteiger partial charge in [-0.05, 0) is 45.0 Å². The Labute approximate surface area is 120 Å². The van der Waals surface area contributed by atoms with Crippen molar-refractivity contribution in [1.29, 1.82) is 0 Å². The molecule has 0 bridgehead atoms. The molecule has 0 atom stereocenters. The second-order valence-corrected chi connectivity index (χ2v) is 5.99. The van der Waals surface area contributed by atoms with E-state index in [4.69, 9.17) is 4.42 Å². The second-order valence-electron chi connectivity index (χ2n) is 5.99. The van der Waals surface area contributed by atoms with Gasteiger partial charge in [-0.3, -0.25) is 4.90 Å². The summed E-state index contributed by atoms with van der Waals surface area (Å²) < 4.78 is 6.01. The molecule has 1 fully saturated rings. The third kappa shape index (κ3) is 2.74. The van der Waals surface area contributed by atoms with E-state index in [0.29, 0.717) is 0 Å². The highest BCUT2D eigenvalue weighted by molar-refractivity contribution is 5.82. The van der Waals surface area contributed by atoms with Gasteiger partial charge in [-0.1, -0.05) is 25.1 Å². The Balaban J connectivity index is 1.86.